The predicted octanol–water partition coefficient (Wildman–Crippen LogP) is 4.74. The average Bonchev–Trinajstić information content (AvgIpc) is 2.97. The van der Waals surface area contributed by atoms with E-state index in [1.807, 2.05) is 26.0 Å². The number of primary amides is 1. The van der Waals surface area contributed by atoms with Gasteiger partial charge in [-0.15, -0.1) is 11.3 Å². The monoisotopic (exact) mass is 443 g/mol. The summed E-state index contributed by atoms with van der Waals surface area (Å²) in [6.07, 6.45) is 2.78. The van der Waals surface area contributed by atoms with Gasteiger partial charge in [0.05, 0.1) is 5.56 Å². The SMILES string of the molecule is Cc1ccc(C(=O)NC(=S)Nc2sc3c(c2C(N)=O)CC[C@@H](C(C)(C)C)C3)c(C)c1. The van der Waals surface area contributed by atoms with Gasteiger partial charge in [0.1, 0.15) is 5.00 Å². The number of hydrogen-bond donors (Lipinski definition) is 3. The third-order valence-corrected chi connectivity index (χ3v) is 7.19. The van der Waals surface area contributed by atoms with E-state index in [2.05, 4.69) is 31.4 Å². The largest absolute Gasteiger partial charge is 0.365 e. The maximum atomic E-state index is 12.6. The molecular weight excluding hydrogens is 414 g/mol. The molecule has 7 heteroatoms. The van der Waals surface area contributed by atoms with Crippen LogP contribution >= 0.6 is 23.6 Å². The fraction of sp³-hybridized carbons (Fsp3) is 0.435. The predicted molar refractivity (Wildman–Crippen MR) is 127 cm³/mol. The highest BCUT2D eigenvalue weighted by Crippen LogP contribution is 2.44. The molecule has 1 aromatic heterocycles. The van der Waals surface area contributed by atoms with Gasteiger partial charge < -0.3 is 11.1 Å². The number of aryl methyl sites for hydroxylation is 2. The molecule has 2 amide bonds. The molecule has 0 bridgehead atoms. The number of carbonyl (C=O) groups is 2. The van der Waals surface area contributed by atoms with Crippen LogP contribution in [0.25, 0.3) is 0 Å². The third kappa shape index (κ3) is 4.73. The molecule has 0 fully saturated rings. The molecule has 1 heterocycles. The first-order chi connectivity index (χ1) is 14.0. The molecule has 1 aliphatic carbocycles. The number of anilines is 1. The summed E-state index contributed by atoms with van der Waals surface area (Å²) in [7, 11) is 0. The zero-order valence-electron chi connectivity index (χ0n) is 18.1. The van der Waals surface area contributed by atoms with Crippen LogP contribution in [0, 0.1) is 25.2 Å². The van der Waals surface area contributed by atoms with Crippen LogP contribution in [0.1, 0.15) is 69.5 Å². The Labute approximate surface area is 187 Å². The molecular formula is C23H29N3O2S2. The van der Waals surface area contributed by atoms with Crippen molar-refractivity contribution in [3.63, 3.8) is 0 Å². The molecule has 30 heavy (non-hydrogen) atoms. The number of hydrogen-bond acceptors (Lipinski definition) is 4. The van der Waals surface area contributed by atoms with E-state index in [4.69, 9.17) is 18.0 Å². The summed E-state index contributed by atoms with van der Waals surface area (Å²) < 4.78 is 0. The maximum absolute atomic E-state index is 12.6. The Morgan fingerprint density at radius 1 is 1.23 bits per heavy atom. The van der Waals surface area contributed by atoms with Gasteiger partial charge in [-0.1, -0.05) is 38.5 Å². The Bertz CT molecular complexity index is 1020. The molecule has 3 rings (SSSR count). The molecule has 1 atom stereocenters. The van der Waals surface area contributed by atoms with Crippen LogP contribution in [0.5, 0.6) is 0 Å². The van der Waals surface area contributed by atoms with E-state index in [1.165, 1.54) is 16.2 Å². The van der Waals surface area contributed by atoms with Crippen molar-refractivity contribution < 1.29 is 9.59 Å². The van der Waals surface area contributed by atoms with E-state index < -0.39 is 5.91 Å². The number of nitrogens with two attached hydrogens (primary N) is 1. The van der Waals surface area contributed by atoms with Gasteiger partial charge in [-0.3, -0.25) is 14.9 Å². The van der Waals surface area contributed by atoms with Gasteiger partial charge in [0.25, 0.3) is 11.8 Å². The lowest BCUT2D eigenvalue weighted by molar-refractivity contribution is 0.0975. The highest BCUT2D eigenvalue weighted by Gasteiger charge is 2.33. The van der Waals surface area contributed by atoms with Crippen LogP contribution in [0.3, 0.4) is 0 Å². The molecule has 0 saturated heterocycles. The minimum absolute atomic E-state index is 0.161. The molecule has 1 aliphatic rings. The highest BCUT2D eigenvalue weighted by atomic mass is 32.1. The van der Waals surface area contributed by atoms with Gasteiger partial charge in [-0.05, 0) is 73.9 Å². The number of rotatable bonds is 3. The lowest BCUT2D eigenvalue weighted by atomic mass is 9.72. The Morgan fingerprint density at radius 2 is 1.93 bits per heavy atom. The minimum Gasteiger partial charge on any atom is -0.365 e. The lowest BCUT2D eigenvalue weighted by Crippen LogP contribution is -2.34. The molecule has 0 unspecified atom stereocenters. The van der Waals surface area contributed by atoms with Crippen LogP contribution in [-0.2, 0) is 12.8 Å². The molecule has 160 valence electrons. The zero-order valence-corrected chi connectivity index (χ0v) is 19.8. The number of thiophene rings is 1. The summed E-state index contributed by atoms with van der Waals surface area (Å²) in [6, 6.07) is 5.63. The molecule has 4 N–H and O–H groups in total. The van der Waals surface area contributed by atoms with Crippen LogP contribution < -0.4 is 16.4 Å². The van der Waals surface area contributed by atoms with Crippen molar-refractivity contribution >= 4 is 45.5 Å². The fourth-order valence-electron chi connectivity index (χ4n) is 4.05. The first-order valence-corrected chi connectivity index (χ1v) is 11.3. The number of benzene rings is 1. The van der Waals surface area contributed by atoms with E-state index >= 15 is 0 Å². The standard InChI is InChI=1S/C23H29N3O2S2/c1-12-6-8-15(13(2)10-12)20(28)25-22(29)26-21-18(19(24)27)16-9-7-14(23(3,4)5)11-17(16)30-21/h6,8,10,14H,7,9,11H2,1-5H3,(H2,24,27)(H2,25,26,28,29)/t14-/m1/s1. The normalized spacial score (nSPS) is 16.0. The second-order valence-electron chi connectivity index (χ2n) is 9.10. The van der Waals surface area contributed by atoms with Crippen LogP contribution in [0.2, 0.25) is 0 Å². The summed E-state index contributed by atoms with van der Waals surface area (Å²) >= 11 is 6.88. The summed E-state index contributed by atoms with van der Waals surface area (Å²) in [5.74, 6) is -0.194. The summed E-state index contributed by atoms with van der Waals surface area (Å²) in [4.78, 5) is 26.0. The van der Waals surface area contributed by atoms with Gasteiger partial charge in [-0.2, -0.15) is 0 Å². The summed E-state index contributed by atoms with van der Waals surface area (Å²) in [6.45, 7) is 10.6. The maximum Gasteiger partial charge on any atom is 0.257 e. The Morgan fingerprint density at radius 3 is 2.53 bits per heavy atom. The number of amides is 2. The van der Waals surface area contributed by atoms with Crippen LogP contribution in [-0.4, -0.2) is 16.9 Å². The Balaban J connectivity index is 1.79. The van der Waals surface area contributed by atoms with Crippen LogP contribution in [0.15, 0.2) is 18.2 Å². The highest BCUT2D eigenvalue weighted by molar-refractivity contribution is 7.80. The first kappa shape index (κ1) is 22.4. The fourth-order valence-corrected chi connectivity index (χ4v) is 5.64. The smallest absolute Gasteiger partial charge is 0.257 e. The van der Waals surface area contributed by atoms with Crippen LogP contribution in [0.4, 0.5) is 5.00 Å². The minimum atomic E-state index is -0.465. The molecule has 0 radical (unpaired) electrons. The van der Waals surface area contributed by atoms with Crippen molar-refractivity contribution in [2.24, 2.45) is 17.1 Å². The quantitative estimate of drug-likeness (QED) is 0.598. The molecule has 1 aromatic carbocycles. The van der Waals surface area contributed by atoms with Gasteiger partial charge in [0.15, 0.2) is 5.11 Å². The number of carbonyl (C=O) groups excluding carboxylic acids is 2. The van der Waals surface area contributed by atoms with Gasteiger partial charge in [0.2, 0.25) is 0 Å². The number of nitrogens with one attached hydrogen (secondary N) is 2. The molecule has 0 saturated carbocycles. The first-order valence-electron chi connectivity index (χ1n) is 10.1. The Hall–Kier alpha value is -2.25. The number of thiocarbonyl (C=S) groups is 1. The topological polar surface area (TPSA) is 84.2 Å². The molecule has 2 aromatic rings. The Kier molecular flexibility index (Phi) is 6.34. The van der Waals surface area contributed by atoms with E-state index in [0.29, 0.717) is 22.0 Å². The number of fused-ring (bicyclic) bond motifs is 1. The van der Waals surface area contributed by atoms with Crippen molar-refractivity contribution in [2.75, 3.05) is 5.32 Å². The van der Waals surface area contributed by atoms with Gasteiger partial charge in [0, 0.05) is 10.4 Å². The van der Waals surface area contributed by atoms with E-state index in [1.54, 1.807) is 6.07 Å². The zero-order chi connectivity index (χ0) is 22.2. The average molecular weight is 444 g/mol. The van der Waals surface area contributed by atoms with Crippen molar-refractivity contribution in [2.45, 2.75) is 53.9 Å². The molecule has 5 nitrogen and oxygen atoms in total. The molecule has 0 aliphatic heterocycles. The van der Waals surface area contributed by atoms with E-state index in [0.717, 1.165) is 36.0 Å². The summed E-state index contributed by atoms with van der Waals surface area (Å²) in [5, 5.41) is 6.55. The van der Waals surface area contributed by atoms with Gasteiger partial charge in [-0.25, -0.2) is 0 Å². The van der Waals surface area contributed by atoms with E-state index in [-0.39, 0.29) is 16.4 Å². The van der Waals surface area contributed by atoms with Crippen molar-refractivity contribution in [3.8, 4) is 0 Å². The molecule has 0 spiro atoms. The van der Waals surface area contributed by atoms with Crippen molar-refractivity contribution in [1.82, 2.24) is 5.32 Å². The van der Waals surface area contributed by atoms with E-state index in [9.17, 15) is 9.59 Å². The van der Waals surface area contributed by atoms with Crippen molar-refractivity contribution in [1.29, 1.82) is 0 Å². The summed E-state index contributed by atoms with van der Waals surface area (Å²) in [5.41, 5.74) is 9.98. The van der Waals surface area contributed by atoms with Crippen molar-refractivity contribution in [3.05, 3.63) is 50.9 Å². The third-order valence-electron chi connectivity index (χ3n) is 5.82. The van der Waals surface area contributed by atoms with Gasteiger partial charge >= 0.3 is 0 Å². The second kappa shape index (κ2) is 8.47. The lowest BCUT2D eigenvalue weighted by Gasteiger charge is -2.33. The second-order valence-corrected chi connectivity index (χ2v) is 10.6.